The Bertz CT molecular complexity index is 540. The Kier molecular flexibility index (Phi) is 3.41. The minimum atomic E-state index is -0.124. The van der Waals surface area contributed by atoms with E-state index in [1.165, 1.54) is 0 Å². The Morgan fingerprint density at radius 1 is 1.35 bits per heavy atom. The minimum absolute atomic E-state index is 0.124. The number of hydrogen-bond donors (Lipinski definition) is 2. The summed E-state index contributed by atoms with van der Waals surface area (Å²) < 4.78 is 1.63. The van der Waals surface area contributed by atoms with E-state index in [9.17, 15) is 4.79 Å². The van der Waals surface area contributed by atoms with Gasteiger partial charge in [0.2, 0.25) is 0 Å². The van der Waals surface area contributed by atoms with Crippen molar-refractivity contribution >= 4 is 0 Å². The highest BCUT2D eigenvalue weighted by Gasteiger charge is 2.04. The van der Waals surface area contributed by atoms with Crippen LogP contribution in [0.5, 0.6) is 0 Å². The lowest BCUT2D eigenvalue weighted by atomic mass is 10.1. The lowest BCUT2D eigenvalue weighted by molar-refractivity contribution is 0.141. The Labute approximate surface area is 98.8 Å². The standard InChI is InChI=1S/C12H15N3O2/c1-9-8-14-12(16)15(9)11-4-2-10(3-5-11)6-7-17-13/h2-5,8H,6-7,13H2,1H3,(H,14,16). The number of nitrogens with two attached hydrogens (primary N) is 1. The highest BCUT2D eigenvalue weighted by Crippen LogP contribution is 2.10. The van der Waals surface area contributed by atoms with Crippen molar-refractivity contribution < 1.29 is 4.84 Å². The quantitative estimate of drug-likeness (QED) is 0.771. The van der Waals surface area contributed by atoms with Gasteiger partial charge in [0.05, 0.1) is 12.3 Å². The van der Waals surface area contributed by atoms with Crippen LogP contribution >= 0.6 is 0 Å². The van der Waals surface area contributed by atoms with Crippen LogP contribution in [0, 0.1) is 6.92 Å². The van der Waals surface area contributed by atoms with Crippen LogP contribution in [0.15, 0.2) is 35.3 Å². The van der Waals surface area contributed by atoms with Gasteiger partial charge in [0, 0.05) is 11.9 Å². The van der Waals surface area contributed by atoms with Gasteiger partial charge >= 0.3 is 5.69 Å². The lowest BCUT2D eigenvalue weighted by Gasteiger charge is -2.05. The smallest absolute Gasteiger partial charge is 0.312 e. The van der Waals surface area contributed by atoms with Gasteiger partial charge in [-0.3, -0.25) is 4.57 Å². The number of imidazole rings is 1. The third kappa shape index (κ3) is 2.46. The van der Waals surface area contributed by atoms with Gasteiger partial charge in [-0.25, -0.2) is 10.7 Å². The van der Waals surface area contributed by atoms with Crippen LogP contribution in [0.3, 0.4) is 0 Å². The zero-order valence-electron chi connectivity index (χ0n) is 9.64. The van der Waals surface area contributed by atoms with Crippen LogP contribution in [-0.2, 0) is 11.3 Å². The molecule has 0 bridgehead atoms. The summed E-state index contributed by atoms with van der Waals surface area (Å²) in [5, 5.41) is 0. The maximum atomic E-state index is 11.6. The fourth-order valence-electron chi connectivity index (χ4n) is 1.76. The van der Waals surface area contributed by atoms with E-state index in [0.29, 0.717) is 6.61 Å². The van der Waals surface area contributed by atoms with Crippen LogP contribution in [0.2, 0.25) is 0 Å². The maximum Gasteiger partial charge on any atom is 0.330 e. The average Bonchev–Trinajstić information content (AvgIpc) is 2.67. The molecule has 3 N–H and O–H groups in total. The number of aromatic nitrogens is 2. The largest absolute Gasteiger partial charge is 0.330 e. The molecule has 0 fully saturated rings. The predicted octanol–water partition coefficient (Wildman–Crippen LogP) is 0.907. The number of aromatic amines is 1. The summed E-state index contributed by atoms with van der Waals surface area (Å²) in [6.45, 7) is 2.37. The molecule has 5 heteroatoms. The summed E-state index contributed by atoms with van der Waals surface area (Å²) in [6, 6.07) is 7.75. The zero-order valence-corrected chi connectivity index (χ0v) is 9.64. The van der Waals surface area contributed by atoms with Gasteiger partial charge in [0.25, 0.3) is 0 Å². The van der Waals surface area contributed by atoms with Gasteiger partial charge in [-0.05, 0) is 31.0 Å². The molecule has 0 saturated carbocycles. The van der Waals surface area contributed by atoms with Crippen LogP contribution in [-0.4, -0.2) is 16.2 Å². The van der Waals surface area contributed by atoms with Gasteiger partial charge in [-0.2, -0.15) is 0 Å². The van der Waals surface area contributed by atoms with E-state index in [1.807, 2.05) is 31.2 Å². The third-order valence-electron chi connectivity index (χ3n) is 2.66. The number of aryl methyl sites for hydroxylation is 1. The van der Waals surface area contributed by atoms with Crippen molar-refractivity contribution in [2.75, 3.05) is 6.61 Å². The third-order valence-corrected chi connectivity index (χ3v) is 2.66. The Morgan fingerprint density at radius 2 is 2.06 bits per heavy atom. The van der Waals surface area contributed by atoms with E-state index in [4.69, 9.17) is 5.90 Å². The number of nitrogens with one attached hydrogen (secondary N) is 1. The number of benzene rings is 1. The van der Waals surface area contributed by atoms with Crippen LogP contribution in [0.25, 0.3) is 5.69 Å². The molecule has 0 unspecified atom stereocenters. The molecule has 1 heterocycles. The van der Waals surface area contributed by atoms with Crippen LogP contribution in [0.4, 0.5) is 0 Å². The van der Waals surface area contributed by atoms with Crippen molar-refractivity contribution in [3.8, 4) is 5.69 Å². The summed E-state index contributed by atoms with van der Waals surface area (Å²) >= 11 is 0. The van der Waals surface area contributed by atoms with E-state index in [-0.39, 0.29) is 5.69 Å². The molecule has 17 heavy (non-hydrogen) atoms. The molecular formula is C12H15N3O2. The van der Waals surface area contributed by atoms with E-state index in [1.54, 1.807) is 10.8 Å². The number of rotatable bonds is 4. The minimum Gasteiger partial charge on any atom is -0.312 e. The fourth-order valence-corrected chi connectivity index (χ4v) is 1.76. The molecule has 1 aromatic heterocycles. The SMILES string of the molecule is Cc1c[nH]c(=O)n1-c1ccc(CCON)cc1. The second kappa shape index (κ2) is 4.99. The van der Waals surface area contributed by atoms with Crippen molar-refractivity contribution in [3.63, 3.8) is 0 Å². The molecule has 1 aromatic carbocycles. The van der Waals surface area contributed by atoms with Gasteiger partial charge in [0.15, 0.2) is 0 Å². The first-order chi connectivity index (χ1) is 8.22. The maximum absolute atomic E-state index is 11.6. The fraction of sp³-hybridized carbons (Fsp3) is 0.250. The monoisotopic (exact) mass is 233 g/mol. The Morgan fingerprint density at radius 3 is 2.59 bits per heavy atom. The molecule has 0 aliphatic carbocycles. The highest BCUT2D eigenvalue weighted by atomic mass is 16.6. The average molecular weight is 233 g/mol. The van der Waals surface area contributed by atoms with Crippen LogP contribution in [0.1, 0.15) is 11.3 Å². The van der Waals surface area contributed by atoms with Gasteiger partial charge in [-0.1, -0.05) is 12.1 Å². The highest BCUT2D eigenvalue weighted by molar-refractivity contribution is 5.36. The topological polar surface area (TPSA) is 73.0 Å². The number of H-pyrrole nitrogens is 1. The van der Waals surface area contributed by atoms with Crippen LogP contribution < -0.4 is 11.6 Å². The molecule has 0 amide bonds. The molecule has 0 radical (unpaired) electrons. The lowest BCUT2D eigenvalue weighted by Crippen LogP contribution is -2.15. The Hall–Kier alpha value is -1.85. The van der Waals surface area contributed by atoms with Gasteiger partial charge in [-0.15, -0.1) is 0 Å². The first-order valence-corrected chi connectivity index (χ1v) is 5.40. The summed E-state index contributed by atoms with van der Waals surface area (Å²) in [5.74, 6) is 4.97. The molecular weight excluding hydrogens is 218 g/mol. The summed E-state index contributed by atoms with van der Waals surface area (Å²) in [6.07, 6.45) is 2.45. The molecule has 2 rings (SSSR count). The number of hydrogen-bond acceptors (Lipinski definition) is 3. The first-order valence-electron chi connectivity index (χ1n) is 5.40. The molecule has 0 aliphatic rings. The second-order valence-electron chi connectivity index (χ2n) is 3.86. The molecule has 0 atom stereocenters. The summed E-state index contributed by atoms with van der Waals surface area (Å²) in [5.41, 5.74) is 2.74. The van der Waals surface area contributed by atoms with E-state index >= 15 is 0 Å². The molecule has 0 saturated heterocycles. The van der Waals surface area contributed by atoms with Crippen molar-refractivity contribution in [1.82, 2.24) is 9.55 Å². The molecule has 90 valence electrons. The molecule has 0 aliphatic heterocycles. The van der Waals surface area contributed by atoms with Gasteiger partial charge < -0.3 is 9.82 Å². The predicted molar refractivity (Wildman–Crippen MR) is 65.0 cm³/mol. The molecule has 2 aromatic rings. The molecule has 0 spiro atoms. The van der Waals surface area contributed by atoms with Crippen molar-refractivity contribution in [3.05, 3.63) is 52.2 Å². The normalized spacial score (nSPS) is 10.7. The van der Waals surface area contributed by atoms with Crippen molar-refractivity contribution in [2.24, 2.45) is 5.90 Å². The van der Waals surface area contributed by atoms with E-state index in [2.05, 4.69) is 9.82 Å². The molecule has 5 nitrogen and oxygen atoms in total. The van der Waals surface area contributed by atoms with Crippen molar-refractivity contribution in [1.29, 1.82) is 0 Å². The summed E-state index contributed by atoms with van der Waals surface area (Å²) in [4.78, 5) is 18.7. The van der Waals surface area contributed by atoms with E-state index < -0.39 is 0 Å². The zero-order chi connectivity index (χ0) is 12.3. The number of nitrogens with zero attached hydrogens (tertiary/aromatic N) is 1. The first kappa shape index (κ1) is 11.6. The summed E-state index contributed by atoms with van der Waals surface area (Å²) in [7, 11) is 0. The Balaban J connectivity index is 2.27. The van der Waals surface area contributed by atoms with E-state index in [0.717, 1.165) is 23.4 Å². The second-order valence-corrected chi connectivity index (χ2v) is 3.86. The van der Waals surface area contributed by atoms with Crippen molar-refractivity contribution in [2.45, 2.75) is 13.3 Å². The van der Waals surface area contributed by atoms with Gasteiger partial charge in [0.1, 0.15) is 0 Å².